The normalized spacial score (nSPS) is 25.6. The topological polar surface area (TPSA) is 27.7 Å². The molecule has 2 heterocycles. The van der Waals surface area contributed by atoms with Gasteiger partial charge < -0.3 is 14.2 Å². The highest BCUT2D eigenvalue weighted by atomic mass is 35.5. The second-order valence-electron chi connectivity index (χ2n) is 5.52. The van der Waals surface area contributed by atoms with Gasteiger partial charge in [-0.3, -0.25) is 0 Å². The Balaban J connectivity index is 1.52. The standard InChI is InChI=1S/C15H19ClO3/c16-12-2-1-3-13(8-12)18-10-14-9-15(11-19-14)4-6-17-7-5-15/h1-3,8,14H,4-7,9-11H2. The van der Waals surface area contributed by atoms with Crippen molar-refractivity contribution < 1.29 is 14.2 Å². The zero-order chi connectivity index (χ0) is 13.1. The summed E-state index contributed by atoms with van der Waals surface area (Å²) in [6, 6.07) is 7.50. The first kappa shape index (κ1) is 13.2. The summed E-state index contributed by atoms with van der Waals surface area (Å²) in [5.74, 6) is 0.809. The molecule has 0 radical (unpaired) electrons. The highest BCUT2D eigenvalue weighted by molar-refractivity contribution is 6.30. The van der Waals surface area contributed by atoms with E-state index in [0.29, 0.717) is 17.0 Å². The van der Waals surface area contributed by atoms with Gasteiger partial charge in [0.2, 0.25) is 0 Å². The SMILES string of the molecule is Clc1cccc(OCC2CC3(CCOCC3)CO2)c1. The molecule has 3 rings (SSSR count). The van der Waals surface area contributed by atoms with Gasteiger partial charge >= 0.3 is 0 Å². The molecule has 104 valence electrons. The third-order valence-electron chi connectivity index (χ3n) is 4.07. The van der Waals surface area contributed by atoms with Crippen molar-refractivity contribution in [2.75, 3.05) is 26.4 Å². The van der Waals surface area contributed by atoms with Gasteiger partial charge in [0.25, 0.3) is 0 Å². The summed E-state index contributed by atoms with van der Waals surface area (Å²) in [4.78, 5) is 0. The number of ether oxygens (including phenoxy) is 3. The summed E-state index contributed by atoms with van der Waals surface area (Å²) in [6.07, 6.45) is 3.50. The summed E-state index contributed by atoms with van der Waals surface area (Å²) >= 11 is 5.93. The van der Waals surface area contributed by atoms with Crippen molar-refractivity contribution in [2.45, 2.75) is 25.4 Å². The summed E-state index contributed by atoms with van der Waals surface area (Å²) in [7, 11) is 0. The summed E-state index contributed by atoms with van der Waals surface area (Å²) in [6.45, 7) is 3.18. The van der Waals surface area contributed by atoms with Gasteiger partial charge in [-0.2, -0.15) is 0 Å². The Labute approximate surface area is 118 Å². The maximum atomic E-state index is 5.93. The summed E-state index contributed by atoms with van der Waals surface area (Å²) in [5.41, 5.74) is 0.334. The predicted molar refractivity (Wildman–Crippen MR) is 73.8 cm³/mol. The molecule has 2 aliphatic heterocycles. The largest absolute Gasteiger partial charge is 0.491 e. The van der Waals surface area contributed by atoms with E-state index in [2.05, 4.69) is 0 Å². The lowest BCUT2D eigenvalue weighted by atomic mass is 9.78. The second-order valence-corrected chi connectivity index (χ2v) is 5.95. The Hall–Kier alpha value is -0.770. The van der Waals surface area contributed by atoms with Crippen molar-refractivity contribution in [1.82, 2.24) is 0 Å². The summed E-state index contributed by atoms with van der Waals surface area (Å²) in [5, 5.41) is 0.700. The van der Waals surface area contributed by atoms with Crippen LogP contribution in [0.15, 0.2) is 24.3 Å². The van der Waals surface area contributed by atoms with Crippen molar-refractivity contribution in [3.63, 3.8) is 0 Å². The van der Waals surface area contributed by atoms with E-state index in [4.69, 9.17) is 25.8 Å². The molecule has 19 heavy (non-hydrogen) atoms. The molecular weight excluding hydrogens is 264 g/mol. The maximum Gasteiger partial charge on any atom is 0.120 e. The molecule has 1 aromatic carbocycles. The molecular formula is C15H19ClO3. The van der Waals surface area contributed by atoms with Crippen molar-refractivity contribution in [2.24, 2.45) is 5.41 Å². The van der Waals surface area contributed by atoms with Gasteiger partial charge in [0, 0.05) is 23.7 Å². The van der Waals surface area contributed by atoms with Gasteiger partial charge in [0.1, 0.15) is 12.4 Å². The molecule has 0 aromatic heterocycles. The van der Waals surface area contributed by atoms with Crippen LogP contribution in [-0.4, -0.2) is 32.5 Å². The van der Waals surface area contributed by atoms with Crippen LogP contribution in [0.4, 0.5) is 0 Å². The fourth-order valence-electron chi connectivity index (χ4n) is 2.90. The molecule has 0 aliphatic carbocycles. The Morgan fingerprint density at radius 3 is 2.95 bits per heavy atom. The lowest BCUT2D eigenvalue weighted by Gasteiger charge is -2.31. The molecule has 0 amide bonds. The molecule has 0 N–H and O–H groups in total. The number of benzene rings is 1. The Morgan fingerprint density at radius 2 is 2.16 bits per heavy atom. The molecule has 2 saturated heterocycles. The van der Waals surface area contributed by atoms with Crippen LogP contribution in [0, 0.1) is 5.41 Å². The minimum absolute atomic E-state index is 0.192. The van der Waals surface area contributed by atoms with E-state index in [-0.39, 0.29) is 6.10 Å². The second kappa shape index (κ2) is 5.70. The average molecular weight is 283 g/mol. The minimum Gasteiger partial charge on any atom is -0.491 e. The zero-order valence-corrected chi connectivity index (χ0v) is 11.7. The quantitative estimate of drug-likeness (QED) is 0.851. The molecule has 2 aliphatic rings. The average Bonchev–Trinajstić information content (AvgIpc) is 2.80. The molecule has 4 heteroatoms. The van der Waals surface area contributed by atoms with Gasteiger partial charge in [-0.15, -0.1) is 0 Å². The minimum atomic E-state index is 0.192. The van der Waals surface area contributed by atoms with Crippen LogP contribution < -0.4 is 4.74 Å². The van der Waals surface area contributed by atoms with E-state index in [1.54, 1.807) is 0 Å². The fraction of sp³-hybridized carbons (Fsp3) is 0.600. The van der Waals surface area contributed by atoms with Crippen molar-refractivity contribution >= 4 is 11.6 Å². The van der Waals surface area contributed by atoms with Gasteiger partial charge in [-0.05, 0) is 37.5 Å². The number of hydrogen-bond donors (Lipinski definition) is 0. The van der Waals surface area contributed by atoms with Crippen LogP contribution in [0.1, 0.15) is 19.3 Å². The first-order valence-corrected chi connectivity index (χ1v) is 7.21. The first-order chi connectivity index (χ1) is 9.26. The highest BCUT2D eigenvalue weighted by Crippen LogP contribution is 2.41. The molecule has 0 bridgehead atoms. The van der Waals surface area contributed by atoms with Crippen LogP contribution in [0.5, 0.6) is 5.75 Å². The Kier molecular flexibility index (Phi) is 3.96. The lowest BCUT2D eigenvalue weighted by molar-refractivity contribution is 0.00523. The number of rotatable bonds is 3. The zero-order valence-electron chi connectivity index (χ0n) is 10.9. The van der Waals surface area contributed by atoms with Crippen molar-refractivity contribution in [3.8, 4) is 5.75 Å². The van der Waals surface area contributed by atoms with Crippen LogP contribution in [0.3, 0.4) is 0 Å². The van der Waals surface area contributed by atoms with Gasteiger partial charge in [-0.1, -0.05) is 17.7 Å². The van der Waals surface area contributed by atoms with E-state index in [1.807, 2.05) is 24.3 Å². The maximum absolute atomic E-state index is 5.93. The molecule has 0 saturated carbocycles. The van der Waals surface area contributed by atoms with Crippen LogP contribution in [0.25, 0.3) is 0 Å². The highest BCUT2D eigenvalue weighted by Gasteiger charge is 2.41. The molecule has 1 spiro atoms. The molecule has 2 fully saturated rings. The number of hydrogen-bond acceptors (Lipinski definition) is 3. The smallest absolute Gasteiger partial charge is 0.120 e. The monoisotopic (exact) mass is 282 g/mol. The third kappa shape index (κ3) is 3.22. The first-order valence-electron chi connectivity index (χ1n) is 6.84. The van der Waals surface area contributed by atoms with Gasteiger partial charge in [0.15, 0.2) is 0 Å². The van der Waals surface area contributed by atoms with Crippen LogP contribution in [0.2, 0.25) is 5.02 Å². The van der Waals surface area contributed by atoms with E-state index in [0.717, 1.165) is 44.8 Å². The van der Waals surface area contributed by atoms with Crippen molar-refractivity contribution in [3.05, 3.63) is 29.3 Å². The fourth-order valence-corrected chi connectivity index (χ4v) is 3.08. The van der Waals surface area contributed by atoms with Crippen LogP contribution >= 0.6 is 11.6 Å². The van der Waals surface area contributed by atoms with E-state index >= 15 is 0 Å². The lowest BCUT2D eigenvalue weighted by Crippen LogP contribution is -2.30. The molecule has 1 unspecified atom stereocenters. The number of halogens is 1. The Bertz CT molecular complexity index is 429. The molecule has 1 aromatic rings. The van der Waals surface area contributed by atoms with E-state index in [1.165, 1.54) is 0 Å². The van der Waals surface area contributed by atoms with Gasteiger partial charge in [-0.25, -0.2) is 0 Å². The predicted octanol–water partition coefficient (Wildman–Crippen LogP) is 3.30. The van der Waals surface area contributed by atoms with E-state index < -0.39 is 0 Å². The molecule has 1 atom stereocenters. The van der Waals surface area contributed by atoms with Crippen LogP contribution in [-0.2, 0) is 9.47 Å². The third-order valence-corrected chi connectivity index (χ3v) is 4.31. The van der Waals surface area contributed by atoms with Crippen molar-refractivity contribution in [1.29, 1.82) is 0 Å². The van der Waals surface area contributed by atoms with E-state index in [9.17, 15) is 0 Å². The van der Waals surface area contributed by atoms with Gasteiger partial charge in [0.05, 0.1) is 12.7 Å². The molecule has 3 nitrogen and oxygen atoms in total. The summed E-state index contributed by atoms with van der Waals surface area (Å²) < 4.78 is 17.1. The Morgan fingerprint density at radius 1 is 1.32 bits per heavy atom.